The van der Waals surface area contributed by atoms with Crippen LogP contribution in [0.15, 0.2) is 46.3 Å². The molecular weight excluding hydrogens is 282 g/mol. The summed E-state index contributed by atoms with van der Waals surface area (Å²) in [6.07, 6.45) is 0. The van der Waals surface area contributed by atoms with Gasteiger partial charge in [0.25, 0.3) is 0 Å². The number of fused-ring (bicyclic) bond motifs is 1. The molecule has 1 heterocycles. The summed E-state index contributed by atoms with van der Waals surface area (Å²) in [6.45, 7) is 2.11. The van der Waals surface area contributed by atoms with Gasteiger partial charge in [0, 0.05) is 16.0 Å². The SMILES string of the molecule is COc1cc2c(cc1OC)C(c1ccccc1C)=NCS2. The normalized spacial score (nSPS) is 13.4. The van der Waals surface area contributed by atoms with Crippen molar-refractivity contribution in [3.63, 3.8) is 0 Å². The van der Waals surface area contributed by atoms with Gasteiger partial charge in [-0.15, -0.1) is 11.8 Å². The highest BCUT2D eigenvalue weighted by Crippen LogP contribution is 2.39. The number of hydrogen-bond acceptors (Lipinski definition) is 4. The van der Waals surface area contributed by atoms with Crippen molar-refractivity contribution in [2.24, 2.45) is 4.99 Å². The van der Waals surface area contributed by atoms with E-state index in [2.05, 4.69) is 19.1 Å². The zero-order valence-corrected chi connectivity index (χ0v) is 13.2. The fourth-order valence-electron chi connectivity index (χ4n) is 2.49. The molecule has 2 aromatic rings. The number of hydrogen-bond donors (Lipinski definition) is 0. The van der Waals surface area contributed by atoms with E-state index in [0.29, 0.717) is 0 Å². The summed E-state index contributed by atoms with van der Waals surface area (Å²) in [5.41, 5.74) is 4.54. The summed E-state index contributed by atoms with van der Waals surface area (Å²) >= 11 is 1.72. The van der Waals surface area contributed by atoms with Crippen molar-refractivity contribution in [2.75, 3.05) is 20.1 Å². The highest BCUT2D eigenvalue weighted by Gasteiger charge is 2.20. The lowest BCUT2D eigenvalue weighted by Crippen LogP contribution is -2.11. The fraction of sp³-hybridized carbons (Fsp3) is 0.235. The van der Waals surface area contributed by atoms with Crippen LogP contribution in [0.1, 0.15) is 16.7 Å². The predicted molar refractivity (Wildman–Crippen MR) is 87.1 cm³/mol. The first-order chi connectivity index (χ1) is 10.2. The third kappa shape index (κ3) is 2.51. The Bertz CT molecular complexity index is 710. The zero-order valence-electron chi connectivity index (χ0n) is 12.3. The Kier molecular flexibility index (Phi) is 3.88. The molecule has 0 fully saturated rings. The van der Waals surface area contributed by atoms with Gasteiger partial charge in [0.15, 0.2) is 11.5 Å². The van der Waals surface area contributed by atoms with Crippen LogP contribution in [0.25, 0.3) is 0 Å². The number of ether oxygens (including phenoxy) is 2. The maximum absolute atomic E-state index is 5.43. The molecule has 3 nitrogen and oxygen atoms in total. The molecule has 4 heteroatoms. The number of methoxy groups -OCH3 is 2. The van der Waals surface area contributed by atoms with Gasteiger partial charge < -0.3 is 9.47 Å². The molecule has 0 N–H and O–H groups in total. The molecule has 0 unspecified atom stereocenters. The number of aliphatic imine (C=N–C) groups is 1. The Hall–Kier alpha value is -1.94. The number of thioether (sulfide) groups is 1. The van der Waals surface area contributed by atoms with Gasteiger partial charge in [-0.3, -0.25) is 4.99 Å². The molecule has 0 aromatic heterocycles. The second-order valence-corrected chi connectivity index (χ2v) is 5.79. The smallest absolute Gasteiger partial charge is 0.161 e. The molecule has 0 amide bonds. The Morgan fingerprint density at radius 1 is 1.00 bits per heavy atom. The second kappa shape index (κ2) is 5.82. The van der Waals surface area contributed by atoms with Crippen LogP contribution >= 0.6 is 11.8 Å². The molecule has 0 saturated heterocycles. The van der Waals surface area contributed by atoms with Gasteiger partial charge in [-0.25, -0.2) is 0 Å². The molecule has 0 radical (unpaired) electrons. The highest BCUT2D eigenvalue weighted by molar-refractivity contribution is 7.99. The van der Waals surface area contributed by atoms with E-state index >= 15 is 0 Å². The van der Waals surface area contributed by atoms with E-state index in [-0.39, 0.29) is 0 Å². The van der Waals surface area contributed by atoms with Crippen LogP contribution in [0.3, 0.4) is 0 Å². The molecule has 2 aromatic carbocycles. The van der Waals surface area contributed by atoms with Crippen LogP contribution in [-0.2, 0) is 0 Å². The molecular formula is C17H17NO2S. The number of rotatable bonds is 3. The summed E-state index contributed by atoms with van der Waals surface area (Å²) in [7, 11) is 3.32. The Balaban J connectivity index is 2.16. The number of nitrogens with zero attached hydrogens (tertiary/aromatic N) is 1. The average molecular weight is 299 g/mol. The van der Waals surface area contributed by atoms with E-state index < -0.39 is 0 Å². The molecule has 0 atom stereocenters. The van der Waals surface area contributed by atoms with E-state index in [1.165, 1.54) is 16.0 Å². The largest absolute Gasteiger partial charge is 0.493 e. The third-order valence-corrected chi connectivity index (χ3v) is 4.49. The molecule has 1 aliphatic heterocycles. The van der Waals surface area contributed by atoms with E-state index in [4.69, 9.17) is 14.5 Å². The van der Waals surface area contributed by atoms with Crippen molar-refractivity contribution in [1.29, 1.82) is 0 Å². The molecule has 0 bridgehead atoms. The van der Waals surface area contributed by atoms with Crippen molar-refractivity contribution in [1.82, 2.24) is 0 Å². The van der Waals surface area contributed by atoms with Gasteiger partial charge in [-0.2, -0.15) is 0 Å². The highest BCUT2D eigenvalue weighted by atomic mass is 32.2. The maximum atomic E-state index is 5.43. The van der Waals surface area contributed by atoms with E-state index in [1.807, 2.05) is 24.3 Å². The van der Waals surface area contributed by atoms with Crippen molar-refractivity contribution in [3.05, 3.63) is 53.1 Å². The maximum Gasteiger partial charge on any atom is 0.161 e. The van der Waals surface area contributed by atoms with Gasteiger partial charge >= 0.3 is 0 Å². The zero-order chi connectivity index (χ0) is 14.8. The molecule has 0 saturated carbocycles. The lowest BCUT2D eigenvalue weighted by Gasteiger charge is -2.20. The van der Waals surface area contributed by atoms with Gasteiger partial charge in [0.1, 0.15) is 0 Å². The summed E-state index contributed by atoms with van der Waals surface area (Å²) in [5.74, 6) is 2.22. The van der Waals surface area contributed by atoms with Crippen molar-refractivity contribution in [2.45, 2.75) is 11.8 Å². The third-order valence-electron chi connectivity index (χ3n) is 3.58. The van der Waals surface area contributed by atoms with Gasteiger partial charge in [-0.05, 0) is 24.6 Å². The van der Waals surface area contributed by atoms with Gasteiger partial charge in [0.05, 0.1) is 25.8 Å². The minimum atomic E-state index is 0.728. The molecule has 0 spiro atoms. The first-order valence-corrected chi connectivity index (χ1v) is 7.73. The molecule has 0 aliphatic carbocycles. The van der Waals surface area contributed by atoms with Crippen LogP contribution < -0.4 is 9.47 Å². The molecule has 21 heavy (non-hydrogen) atoms. The standard InChI is InChI=1S/C17H17NO2S/c1-11-6-4-5-7-12(11)17-13-8-14(19-2)15(20-3)9-16(13)21-10-18-17/h4-9H,10H2,1-3H3. The van der Waals surface area contributed by atoms with Crippen LogP contribution in [0, 0.1) is 6.92 Å². The molecule has 1 aliphatic rings. The Morgan fingerprint density at radius 3 is 2.43 bits per heavy atom. The summed E-state index contributed by atoms with van der Waals surface area (Å²) in [6, 6.07) is 12.4. The minimum absolute atomic E-state index is 0.728. The minimum Gasteiger partial charge on any atom is -0.493 e. The van der Waals surface area contributed by atoms with Crippen molar-refractivity contribution >= 4 is 17.5 Å². The van der Waals surface area contributed by atoms with Crippen LogP contribution in [0.4, 0.5) is 0 Å². The van der Waals surface area contributed by atoms with Crippen LogP contribution in [0.2, 0.25) is 0 Å². The first kappa shape index (κ1) is 14.0. The molecule has 3 rings (SSSR count). The Morgan fingerprint density at radius 2 is 1.71 bits per heavy atom. The monoisotopic (exact) mass is 299 g/mol. The summed E-state index contributed by atoms with van der Waals surface area (Å²) in [5, 5.41) is 0. The average Bonchev–Trinajstić information content (AvgIpc) is 2.53. The fourth-order valence-corrected chi connectivity index (χ4v) is 3.32. The quantitative estimate of drug-likeness (QED) is 0.861. The van der Waals surface area contributed by atoms with E-state index in [1.54, 1.807) is 26.0 Å². The lowest BCUT2D eigenvalue weighted by molar-refractivity contribution is 0.354. The van der Waals surface area contributed by atoms with Crippen molar-refractivity contribution < 1.29 is 9.47 Å². The van der Waals surface area contributed by atoms with Crippen molar-refractivity contribution in [3.8, 4) is 11.5 Å². The Labute approximate surface area is 129 Å². The topological polar surface area (TPSA) is 30.8 Å². The van der Waals surface area contributed by atoms with Gasteiger partial charge in [-0.1, -0.05) is 24.3 Å². The second-order valence-electron chi connectivity index (χ2n) is 4.80. The predicted octanol–water partition coefficient (Wildman–Crippen LogP) is 3.91. The summed E-state index contributed by atoms with van der Waals surface area (Å²) in [4.78, 5) is 5.90. The van der Waals surface area contributed by atoms with Crippen LogP contribution in [0.5, 0.6) is 11.5 Å². The van der Waals surface area contributed by atoms with E-state index in [9.17, 15) is 0 Å². The lowest BCUT2D eigenvalue weighted by atomic mass is 9.97. The van der Waals surface area contributed by atoms with Crippen LogP contribution in [-0.4, -0.2) is 25.8 Å². The van der Waals surface area contributed by atoms with Gasteiger partial charge in [0.2, 0.25) is 0 Å². The van der Waals surface area contributed by atoms with E-state index in [0.717, 1.165) is 28.7 Å². The first-order valence-electron chi connectivity index (χ1n) is 6.74. The number of benzene rings is 2. The number of aryl methyl sites for hydroxylation is 1. The molecule has 108 valence electrons. The summed E-state index contributed by atoms with van der Waals surface area (Å²) < 4.78 is 10.8.